The molecule has 0 aliphatic carbocycles. The van der Waals surface area contributed by atoms with Crippen molar-refractivity contribution in [1.29, 1.82) is 5.26 Å². The first-order valence-corrected chi connectivity index (χ1v) is 19.6. The molecule has 0 atom stereocenters. The Hall–Kier alpha value is -8.34. The normalized spacial score (nSPS) is 12.1. The minimum Gasteiger partial charge on any atom is -0.455 e. The molecule has 5 heterocycles. The maximum absolute atomic E-state index is 11.3. The van der Waals surface area contributed by atoms with Crippen LogP contribution in [0.3, 0.4) is 0 Å². The van der Waals surface area contributed by atoms with Gasteiger partial charge in [-0.15, -0.1) is 0 Å². The number of nitrogens with zero attached hydrogens (tertiary/aromatic N) is 6. The number of para-hydroxylation sites is 4. The van der Waals surface area contributed by atoms with Crippen molar-refractivity contribution in [2.24, 2.45) is 0 Å². The van der Waals surface area contributed by atoms with Crippen LogP contribution >= 0.6 is 0 Å². The standard InChI is InChI=1S/C52H28N6O/c53-29-32-27-38(52-55-50(30-15-3-1-4-16-30)54-51(56-52)31-17-5-2-6-18-31)49-46(36-22-10-14-26-43(36)59-49)47(32)58-40-24-12-8-20-34(40)44-42(58)28-37-33-19-7-11-23-39(33)57-41-25-13-9-21-35(41)45(44)48(37)57/h1-28H. The van der Waals surface area contributed by atoms with Gasteiger partial charge < -0.3 is 13.4 Å². The number of hydrogen-bond donors (Lipinski definition) is 0. The molecule has 5 aromatic heterocycles. The third-order valence-corrected chi connectivity index (χ3v) is 11.9. The second-order valence-electron chi connectivity index (χ2n) is 15.0. The Morgan fingerprint density at radius 3 is 1.68 bits per heavy atom. The van der Waals surface area contributed by atoms with Crippen molar-refractivity contribution >= 4 is 81.8 Å². The Balaban J connectivity index is 1.20. The van der Waals surface area contributed by atoms with Crippen molar-refractivity contribution in [3.8, 4) is 45.9 Å². The zero-order valence-corrected chi connectivity index (χ0v) is 31.3. The molecule has 0 aliphatic rings. The summed E-state index contributed by atoms with van der Waals surface area (Å²) in [7, 11) is 0. The third-order valence-electron chi connectivity index (χ3n) is 11.9. The quantitative estimate of drug-likeness (QED) is 0.179. The molecule has 13 aromatic rings. The average Bonchev–Trinajstić information content (AvgIpc) is 4.05. The molecule has 0 spiro atoms. The maximum atomic E-state index is 11.3. The van der Waals surface area contributed by atoms with E-state index in [-0.39, 0.29) is 0 Å². The highest BCUT2D eigenvalue weighted by Gasteiger charge is 2.28. The van der Waals surface area contributed by atoms with E-state index in [1.54, 1.807) is 0 Å². The lowest BCUT2D eigenvalue weighted by Crippen LogP contribution is -2.03. The number of furan rings is 1. The molecular formula is C52H28N6O. The van der Waals surface area contributed by atoms with Gasteiger partial charge in [0.2, 0.25) is 0 Å². The van der Waals surface area contributed by atoms with Crippen molar-refractivity contribution in [2.45, 2.75) is 0 Å². The van der Waals surface area contributed by atoms with Gasteiger partial charge in [0.1, 0.15) is 17.2 Å². The van der Waals surface area contributed by atoms with Gasteiger partial charge in [-0.2, -0.15) is 5.26 Å². The van der Waals surface area contributed by atoms with Crippen molar-refractivity contribution < 1.29 is 4.42 Å². The molecule has 0 bridgehead atoms. The lowest BCUT2D eigenvalue weighted by Gasteiger charge is -2.15. The molecule has 272 valence electrons. The summed E-state index contributed by atoms with van der Waals surface area (Å²) < 4.78 is 11.6. The maximum Gasteiger partial charge on any atom is 0.167 e. The number of benzene rings is 8. The molecule has 0 unspecified atom stereocenters. The molecule has 0 aliphatic heterocycles. The highest BCUT2D eigenvalue weighted by Crippen LogP contribution is 2.49. The van der Waals surface area contributed by atoms with Gasteiger partial charge in [-0.05, 0) is 36.4 Å². The Morgan fingerprint density at radius 1 is 0.458 bits per heavy atom. The van der Waals surface area contributed by atoms with E-state index in [9.17, 15) is 5.26 Å². The van der Waals surface area contributed by atoms with E-state index in [4.69, 9.17) is 19.4 Å². The van der Waals surface area contributed by atoms with Crippen LogP contribution in [0.2, 0.25) is 0 Å². The summed E-state index contributed by atoms with van der Waals surface area (Å²) in [6.07, 6.45) is 0. The summed E-state index contributed by atoms with van der Waals surface area (Å²) in [5.74, 6) is 1.49. The molecule has 13 rings (SSSR count). The molecule has 0 amide bonds. The molecule has 0 radical (unpaired) electrons. The number of rotatable bonds is 4. The van der Waals surface area contributed by atoms with Crippen LogP contribution in [-0.4, -0.2) is 23.9 Å². The van der Waals surface area contributed by atoms with Crippen LogP contribution in [0.4, 0.5) is 0 Å². The van der Waals surface area contributed by atoms with Gasteiger partial charge in [-0.25, -0.2) is 15.0 Å². The lowest BCUT2D eigenvalue weighted by atomic mass is 10.0. The Bertz CT molecular complexity index is 3850. The van der Waals surface area contributed by atoms with E-state index in [1.807, 2.05) is 84.9 Å². The monoisotopic (exact) mass is 752 g/mol. The van der Waals surface area contributed by atoms with Crippen LogP contribution in [0.15, 0.2) is 174 Å². The average molecular weight is 753 g/mol. The van der Waals surface area contributed by atoms with Gasteiger partial charge in [0.05, 0.1) is 49.8 Å². The van der Waals surface area contributed by atoms with Crippen LogP contribution in [0, 0.1) is 11.3 Å². The SMILES string of the molecule is N#Cc1cc(-c2nc(-c3ccccc3)nc(-c3ccccc3)n2)c2oc3ccccc3c2c1-n1c2ccccc2c2c3c4ccccc4n4c5ccccc5c(cc21)c34. The van der Waals surface area contributed by atoms with Gasteiger partial charge in [0, 0.05) is 48.8 Å². The third kappa shape index (κ3) is 4.32. The molecule has 0 saturated heterocycles. The Morgan fingerprint density at radius 2 is 1.00 bits per heavy atom. The first-order valence-electron chi connectivity index (χ1n) is 19.6. The van der Waals surface area contributed by atoms with Gasteiger partial charge in [-0.3, -0.25) is 0 Å². The van der Waals surface area contributed by atoms with E-state index < -0.39 is 0 Å². The molecule has 7 nitrogen and oxygen atoms in total. The summed E-state index contributed by atoms with van der Waals surface area (Å²) in [6, 6.07) is 60.6. The van der Waals surface area contributed by atoms with E-state index in [2.05, 4.69) is 100.0 Å². The first kappa shape index (κ1) is 31.8. The predicted octanol–water partition coefficient (Wildman–Crippen LogP) is 12.9. The van der Waals surface area contributed by atoms with E-state index in [0.717, 1.165) is 49.4 Å². The van der Waals surface area contributed by atoms with Crippen LogP contribution in [0.5, 0.6) is 0 Å². The van der Waals surface area contributed by atoms with Crippen LogP contribution in [0.1, 0.15) is 5.56 Å². The summed E-state index contributed by atoms with van der Waals surface area (Å²) in [4.78, 5) is 15.1. The van der Waals surface area contributed by atoms with Crippen LogP contribution < -0.4 is 0 Å². The predicted molar refractivity (Wildman–Crippen MR) is 237 cm³/mol. The Kier molecular flexibility index (Phi) is 6.38. The molecule has 0 N–H and O–H groups in total. The number of nitriles is 1. The second-order valence-corrected chi connectivity index (χ2v) is 15.0. The molecule has 0 saturated carbocycles. The number of fused-ring (bicyclic) bond motifs is 13. The van der Waals surface area contributed by atoms with Crippen molar-refractivity contribution in [3.63, 3.8) is 0 Å². The molecular weight excluding hydrogens is 725 g/mol. The zero-order chi connectivity index (χ0) is 38.8. The van der Waals surface area contributed by atoms with E-state index in [0.29, 0.717) is 39.8 Å². The largest absolute Gasteiger partial charge is 0.455 e. The van der Waals surface area contributed by atoms with Crippen molar-refractivity contribution in [3.05, 3.63) is 175 Å². The fourth-order valence-electron chi connectivity index (χ4n) is 9.50. The first-order chi connectivity index (χ1) is 29.2. The van der Waals surface area contributed by atoms with Crippen LogP contribution in [-0.2, 0) is 0 Å². The van der Waals surface area contributed by atoms with Gasteiger partial charge in [0.25, 0.3) is 0 Å². The molecule has 7 heteroatoms. The lowest BCUT2D eigenvalue weighted by molar-refractivity contribution is 0.669. The summed E-state index contributed by atoms with van der Waals surface area (Å²) >= 11 is 0. The summed E-state index contributed by atoms with van der Waals surface area (Å²) in [5, 5.41) is 20.1. The summed E-state index contributed by atoms with van der Waals surface area (Å²) in [6.45, 7) is 0. The topological polar surface area (TPSA) is 84.9 Å². The highest BCUT2D eigenvalue weighted by molar-refractivity contribution is 6.36. The second kappa shape index (κ2) is 11.8. The minimum atomic E-state index is 0.423. The number of aromatic nitrogens is 5. The van der Waals surface area contributed by atoms with E-state index in [1.165, 1.54) is 38.1 Å². The fourth-order valence-corrected chi connectivity index (χ4v) is 9.50. The summed E-state index contributed by atoms with van der Waals surface area (Å²) in [5.41, 5.74) is 10.4. The highest BCUT2D eigenvalue weighted by atomic mass is 16.3. The molecule has 0 fully saturated rings. The molecule has 59 heavy (non-hydrogen) atoms. The molecule has 8 aromatic carbocycles. The van der Waals surface area contributed by atoms with E-state index >= 15 is 0 Å². The van der Waals surface area contributed by atoms with Gasteiger partial charge in [-0.1, -0.05) is 133 Å². The van der Waals surface area contributed by atoms with Crippen molar-refractivity contribution in [1.82, 2.24) is 23.9 Å². The fraction of sp³-hybridized carbons (Fsp3) is 0. The van der Waals surface area contributed by atoms with Crippen LogP contribution in [0.25, 0.3) is 122 Å². The smallest absolute Gasteiger partial charge is 0.167 e. The Labute approximate surface area is 335 Å². The van der Waals surface area contributed by atoms with Crippen molar-refractivity contribution in [2.75, 3.05) is 0 Å². The minimum absolute atomic E-state index is 0.423. The van der Waals surface area contributed by atoms with Gasteiger partial charge >= 0.3 is 0 Å². The van der Waals surface area contributed by atoms with Gasteiger partial charge in [0.15, 0.2) is 17.5 Å². The number of hydrogen-bond acceptors (Lipinski definition) is 5. The zero-order valence-electron chi connectivity index (χ0n) is 31.3.